The van der Waals surface area contributed by atoms with Crippen LogP contribution in [0.2, 0.25) is 10.0 Å². The zero-order chi connectivity index (χ0) is 66.8. The highest BCUT2D eigenvalue weighted by atomic mass is 35.5. The molecule has 23 heteroatoms. The van der Waals surface area contributed by atoms with Crippen molar-refractivity contribution in [2.45, 2.75) is 144 Å². The maximum Gasteiger partial charge on any atom is 0.410 e. The van der Waals surface area contributed by atoms with Crippen LogP contribution in [0.3, 0.4) is 0 Å². The number of amides is 2. The van der Waals surface area contributed by atoms with Gasteiger partial charge in [-0.1, -0.05) is 81.7 Å². The minimum atomic E-state index is -0.632. The highest BCUT2D eigenvalue weighted by Gasteiger charge is 2.39. The van der Waals surface area contributed by atoms with Gasteiger partial charge in [-0.15, -0.1) is 0 Å². The summed E-state index contributed by atoms with van der Waals surface area (Å²) >= 11 is 13.7. The van der Waals surface area contributed by atoms with Gasteiger partial charge in [0.1, 0.15) is 40.5 Å². The van der Waals surface area contributed by atoms with Crippen LogP contribution in [-0.2, 0) is 9.53 Å². The SMILES string of the molecule is C=CC(=O)N1C[C@H](C)N(c2nc(=O)n(-c3c(C)cc(N4CCC4)nc3C(C)C)c3nc(-c4ccccc4F)c(Cl)cc23)C[C@H]1C.Cc1cc(N2CCC2)nc(C(C)C)c1-n1c(=O)nc(N2C[C@@H](C)N(C(=O)OC(C)(C)C)C[C@@H]2C)c2cc(Cl)c(-c3ccccc3F)nc21. The molecule has 4 fully saturated rings. The van der Waals surface area contributed by atoms with Gasteiger partial charge in [0.05, 0.1) is 55.0 Å². The van der Waals surface area contributed by atoms with Crippen LogP contribution in [0.25, 0.3) is 56.0 Å². The number of ether oxygens (including phenoxy) is 1. The molecule has 4 aliphatic rings. The van der Waals surface area contributed by atoms with Crippen molar-refractivity contribution in [3.05, 3.63) is 151 Å². The third-order valence-electron chi connectivity index (χ3n) is 17.8. The molecule has 8 aromatic rings. The summed E-state index contributed by atoms with van der Waals surface area (Å²) in [4.78, 5) is 95.5. The molecule has 0 aliphatic carbocycles. The van der Waals surface area contributed by atoms with E-state index in [0.717, 1.165) is 73.2 Å². The van der Waals surface area contributed by atoms with Gasteiger partial charge >= 0.3 is 17.5 Å². The summed E-state index contributed by atoms with van der Waals surface area (Å²) in [5.41, 5.74) is 4.22. The van der Waals surface area contributed by atoms with Gasteiger partial charge in [-0.25, -0.2) is 52.2 Å². The number of pyridine rings is 4. The third kappa shape index (κ3) is 12.7. The fourth-order valence-corrected chi connectivity index (χ4v) is 13.2. The van der Waals surface area contributed by atoms with Crippen molar-refractivity contribution in [3.8, 4) is 33.9 Å². The molecule has 0 unspecified atom stereocenters. The van der Waals surface area contributed by atoms with Crippen LogP contribution < -0.4 is 31.0 Å². The van der Waals surface area contributed by atoms with Gasteiger partial charge in [0.2, 0.25) is 5.91 Å². The number of anilines is 4. The Labute approximate surface area is 550 Å². The van der Waals surface area contributed by atoms with Crippen molar-refractivity contribution in [2.75, 3.05) is 72.0 Å². The standard InChI is InChI=1S/C36H43ClFN7O3.C34H37ClFN7O2/c1-20(2)29-31(21(3)16-28(39-29)42-14-11-15-42)45-33-25(17-26(37)30(40-33)24-12-9-10-13-27(24)38)32(41-34(45)46)43-18-23(5)44(19-22(43)4)35(47)48-36(6,7)8;1-7-28(44)41-17-22(6)42(18-21(41)5)32-24-16-25(35)30(23-11-8-9-12-26(23)36)38-33(24)43(34(45)39-32)31-20(4)15-27(40-13-10-14-40)37-29(31)19(2)3/h9-10,12-13,16-17,20,22-23H,11,14-15,18-19H2,1-8H3;7-9,11-12,15-16,19,21-22H,1,10,13-14,17-18H2,2-6H3/t22-,23+;21-,22+/m01/s1. The van der Waals surface area contributed by atoms with E-state index in [1.807, 2.05) is 112 Å². The number of benzene rings is 2. The average Bonchev–Trinajstić information content (AvgIpc) is 0.739. The molecule has 10 heterocycles. The number of hydrogen-bond donors (Lipinski definition) is 0. The maximum absolute atomic E-state index is 15.2. The van der Waals surface area contributed by atoms with Gasteiger partial charge in [-0.2, -0.15) is 9.97 Å². The van der Waals surface area contributed by atoms with E-state index in [0.29, 0.717) is 71.3 Å². The highest BCUT2D eigenvalue weighted by molar-refractivity contribution is 6.34. The van der Waals surface area contributed by atoms with Gasteiger partial charge < -0.3 is 34.1 Å². The van der Waals surface area contributed by atoms with E-state index in [9.17, 15) is 19.2 Å². The van der Waals surface area contributed by atoms with Crippen LogP contribution in [0, 0.1) is 25.5 Å². The van der Waals surface area contributed by atoms with E-state index in [1.54, 1.807) is 58.3 Å². The summed E-state index contributed by atoms with van der Waals surface area (Å²) < 4.78 is 39.0. The lowest BCUT2D eigenvalue weighted by atomic mass is 10.0. The number of hydrogen-bond acceptors (Lipinski definition) is 15. The van der Waals surface area contributed by atoms with Crippen molar-refractivity contribution < 1.29 is 23.1 Å². The van der Waals surface area contributed by atoms with Gasteiger partial charge in [0, 0.05) is 87.7 Å². The van der Waals surface area contributed by atoms with Crippen LogP contribution in [0.15, 0.2) is 95.0 Å². The molecule has 488 valence electrons. The second-order valence-corrected chi connectivity index (χ2v) is 27.3. The van der Waals surface area contributed by atoms with E-state index < -0.39 is 28.6 Å². The molecule has 0 radical (unpaired) electrons. The lowest BCUT2D eigenvalue weighted by molar-refractivity contribution is -0.128. The molecule has 6 aromatic heterocycles. The smallest absolute Gasteiger partial charge is 0.410 e. The molecule has 2 amide bonds. The van der Waals surface area contributed by atoms with Gasteiger partial charge in [0.25, 0.3) is 0 Å². The normalized spacial score (nSPS) is 18.4. The largest absolute Gasteiger partial charge is 0.444 e. The topological polar surface area (TPSA) is 184 Å². The monoisotopic (exact) mass is 1300 g/mol. The summed E-state index contributed by atoms with van der Waals surface area (Å²) in [6, 6.07) is 19.2. The first-order chi connectivity index (χ1) is 44.1. The summed E-state index contributed by atoms with van der Waals surface area (Å²) in [6.45, 7) is 34.5. The number of piperazine rings is 2. The van der Waals surface area contributed by atoms with Crippen LogP contribution in [-0.4, -0.2) is 143 Å². The number of fused-ring (bicyclic) bond motifs is 2. The van der Waals surface area contributed by atoms with Crippen LogP contribution in [0.1, 0.15) is 123 Å². The first kappa shape index (κ1) is 65.9. The Morgan fingerprint density at radius 3 is 1.35 bits per heavy atom. The van der Waals surface area contributed by atoms with E-state index >= 15 is 8.78 Å². The molecule has 0 bridgehead atoms. The Hall–Kier alpha value is -8.56. The van der Waals surface area contributed by atoms with Crippen molar-refractivity contribution in [1.82, 2.24) is 48.8 Å². The lowest BCUT2D eigenvalue weighted by Gasteiger charge is -2.44. The Bertz CT molecular complexity index is 4390. The number of rotatable bonds is 11. The zero-order valence-electron chi connectivity index (χ0n) is 55.1. The summed E-state index contributed by atoms with van der Waals surface area (Å²) in [5.74, 6) is 1.44. The fraction of sp³-hybridized carbons (Fsp3) is 0.429. The van der Waals surface area contributed by atoms with Crippen molar-refractivity contribution in [3.63, 3.8) is 0 Å². The van der Waals surface area contributed by atoms with E-state index in [4.69, 9.17) is 52.9 Å². The predicted octanol–water partition coefficient (Wildman–Crippen LogP) is 13.0. The minimum absolute atomic E-state index is 0.0174. The zero-order valence-corrected chi connectivity index (χ0v) is 56.6. The Morgan fingerprint density at radius 2 is 0.989 bits per heavy atom. The molecule has 4 aliphatic heterocycles. The first-order valence-electron chi connectivity index (χ1n) is 31.9. The van der Waals surface area contributed by atoms with Crippen molar-refractivity contribution in [1.29, 1.82) is 0 Å². The lowest BCUT2D eigenvalue weighted by Crippen LogP contribution is -2.59. The maximum atomic E-state index is 15.2. The van der Waals surface area contributed by atoms with Crippen LogP contribution >= 0.6 is 23.2 Å². The number of nitrogens with zero attached hydrogens (tertiary/aromatic N) is 14. The van der Waals surface area contributed by atoms with Crippen molar-refractivity contribution in [2.24, 2.45) is 0 Å². The summed E-state index contributed by atoms with van der Waals surface area (Å²) in [6.07, 6.45) is 3.16. The van der Waals surface area contributed by atoms with E-state index in [1.165, 1.54) is 27.3 Å². The first-order valence-corrected chi connectivity index (χ1v) is 32.7. The van der Waals surface area contributed by atoms with Crippen molar-refractivity contribution >= 4 is 80.5 Å². The molecule has 0 saturated carbocycles. The predicted molar refractivity (Wildman–Crippen MR) is 365 cm³/mol. The Balaban J connectivity index is 0.000000191. The molecule has 0 N–H and O–H groups in total. The number of aromatic nitrogens is 8. The summed E-state index contributed by atoms with van der Waals surface area (Å²) in [5, 5.41) is 1.53. The number of aryl methyl sites for hydroxylation is 2. The molecule has 19 nitrogen and oxygen atoms in total. The quantitative estimate of drug-likeness (QED) is 0.111. The molecule has 93 heavy (non-hydrogen) atoms. The third-order valence-corrected chi connectivity index (χ3v) is 18.3. The number of halogens is 4. The van der Waals surface area contributed by atoms with Gasteiger partial charge in [-0.05, 0) is 153 Å². The molecular weight excluding hydrogens is 1230 g/mol. The number of carbonyl (C=O) groups excluding carboxylic acids is 2. The second-order valence-electron chi connectivity index (χ2n) is 26.5. The Morgan fingerprint density at radius 1 is 0.591 bits per heavy atom. The van der Waals surface area contributed by atoms with Crippen LogP contribution in [0.4, 0.5) is 36.8 Å². The van der Waals surface area contributed by atoms with E-state index in [-0.39, 0.29) is 80.6 Å². The molecular formula is C70H80Cl2F2N14O5. The van der Waals surface area contributed by atoms with Crippen LogP contribution in [0.5, 0.6) is 0 Å². The van der Waals surface area contributed by atoms with Gasteiger partial charge in [-0.3, -0.25) is 4.79 Å². The molecule has 0 spiro atoms. The molecule has 12 rings (SSSR count). The molecule has 4 atom stereocenters. The number of carbonyl (C=O) groups is 2. The molecule has 4 saturated heterocycles. The second kappa shape index (κ2) is 26.1. The highest BCUT2D eigenvalue weighted by Crippen LogP contribution is 2.41. The minimum Gasteiger partial charge on any atom is -0.444 e. The molecule has 2 aromatic carbocycles. The summed E-state index contributed by atoms with van der Waals surface area (Å²) in [7, 11) is 0. The van der Waals surface area contributed by atoms with E-state index in [2.05, 4.69) is 21.4 Å². The van der Waals surface area contributed by atoms with Gasteiger partial charge in [0.15, 0.2) is 11.3 Å². The fourth-order valence-electron chi connectivity index (χ4n) is 12.7. The Kier molecular flexibility index (Phi) is 18.5. The average molecular weight is 1310 g/mol.